The molecule has 7 nitrogen and oxygen atoms in total. The first-order chi connectivity index (χ1) is 12.4. The lowest BCUT2D eigenvalue weighted by molar-refractivity contribution is 0.174. The molecule has 0 aliphatic carbocycles. The average molecular weight is 332 g/mol. The number of azo groups is 1. The van der Waals surface area contributed by atoms with Gasteiger partial charge in [-0.05, 0) is 36.4 Å². The van der Waals surface area contributed by atoms with Gasteiger partial charge in [0.2, 0.25) is 6.79 Å². The van der Waals surface area contributed by atoms with Gasteiger partial charge in [0.1, 0.15) is 5.65 Å². The Morgan fingerprint density at radius 3 is 2.84 bits per heavy atom. The molecule has 0 radical (unpaired) electrons. The van der Waals surface area contributed by atoms with Crippen molar-refractivity contribution in [3.63, 3.8) is 0 Å². The monoisotopic (exact) mass is 332 g/mol. The third-order valence-corrected chi connectivity index (χ3v) is 3.88. The Balaban J connectivity index is 1.61. The van der Waals surface area contributed by atoms with Crippen molar-refractivity contribution in [2.45, 2.75) is 0 Å². The molecule has 0 bridgehead atoms. The van der Waals surface area contributed by atoms with Gasteiger partial charge in [0.25, 0.3) is 0 Å². The summed E-state index contributed by atoms with van der Waals surface area (Å²) in [7, 11) is 0. The number of hydrogen-bond acceptors (Lipinski definition) is 6. The third kappa shape index (κ3) is 2.33. The summed E-state index contributed by atoms with van der Waals surface area (Å²) in [4.78, 5) is 4.60. The van der Waals surface area contributed by atoms with Gasteiger partial charge in [0.05, 0.1) is 12.0 Å². The van der Waals surface area contributed by atoms with Crippen LogP contribution in [0.5, 0.6) is 11.5 Å². The number of ether oxygens (including phenoxy) is 2. The highest BCUT2D eigenvalue weighted by atomic mass is 16.7. The van der Waals surface area contributed by atoms with Crippen molar-refractivity contribution in [3.8, 4) is 23.0 Å². The maximum Gasteiger partial charge on any atom is 0.231 e. The summed E-state index contributed by atoms with van der Waals surface area (Å²) in [5.41, 5.74) is 2.08. The molecule has 7 heteroatoms. The van der Waals surface area contributed by atoms with E-state index < -0.39 is 0 Å². The average Bonchev–Trinajstić information content (AvgIpc) is 3.38. The fourth-order valence-electron chi connectivity index (χ4n) is 2.71. The minimum absolute atomic E-state index is 0.228. The number of hydrogen-bond donors (Lipinski definition) is 0. The van der Waals surface area contributed by atoms with Crippen molar-refractivity contribution >= 4 is 17.2 Å². The lowest BCUT2D eigenvalue weighted by atomic mass is 10.3. The number of aromatic nitrogens is 2. The van der Waals surface area contributed by atoms with E-state index in [1.54, 1.807) is 12.3 Å². The lowest BCUT2D eigenvalue weighted by Gasteiger charge is -1.98. The normalized spacial score (nSPS) is 13.1. The molecule has 0 spiro atoms. The van der Waals surface area contributed by atoms with E-state index in [-0.39, 0.29) is 6.79 Å². The van der Waals surface area contributed by atoms with Crippen LogP contribution >= 0.6 is 0 Å². The maximum absolute atomic E-state index is 5.49. The first kappa shape index (κ1) is 13.8. The fraction of sp³-hybridized carbons (Fsp3) is 0.0556. The predicted molar refractivity (Wildman–Crippen MR) is 89.6 cm³/mol. The second kappa shape index (κ2) is 5.48. The maximum atomic E-state index is 5.49. The molecule has 1 aliphatic rings. The highest BCUT2D eigenvalue weighted by Crippen LogP contribution is 2.37. The van der Waals surface area contributed by atoms with Gasteiger partial charge in [-0.25, -0.2) is 4.98 Å². The molecule has 0 saturated heterocycles. The van der Waals surface area contributed by atoms with Crippen LogP contribution in [0.4, 0.5) is 11.5 Å². The summed E-state index contributed by atoms with van der Waals surface area (Å²) in [6.45, 7) is 0.228. The fourth-order valence-corrected chi connectivity index (χ4v) is 2.71. The molecular weight excluding hydrogens is 320 g/mol. The van der Waals surface area contributed by atoms with Crippen LogP contribution in [0.25, 0.3) is 17.1 Å². The summed E-state index contributed by atoms with van der Waals surface area (Å²) in [6, 6.07) is 14.9. The van der Waals surface area contributed by atoms with Gasteiger partial charge in [-0.15, -0.1) is 10.2 Å². The molecule has 0 saturated carbocycles. The summed E-state index contributed by atoms with van der Waals surface area (Å²) >= 11 is 0. The van der Waals surface area contributed by atoms with Crippen molar-refractivity contribution in [2.75, 3.05) is 6.79 Å². The van der Waals surface area contributed by atoms with Crippen LogP contribution in [0.15, 0.2) is 75.6 Å². The van der Waals surface area contributed by atoms with Crippen LogP contribution in [0, 0.1) is 0 Å². The molecule has 0 atom stereocenters. The Morgan fingerprint density at radius 2 is 1.92 bits per heavy atom. The standard InChI is InChI=1S/C18H12N4O3/c1-2-8-22-16(5-1)19-17(14-4-3-9-23-14)18(22)21-20-12-6-7-13-15(10-12)25-11-24-13/h1-10H,11H2. The molecule has 25 heavy (non-hydrogen) atoms. The quantitative estimate of drug-likeness (QED) is 0.508. The van der Waals surface area contributed by atoms with Gasteiger partial charge < -0.3 is 13.9 Å². The van der Waals surface area contributed by atoms with Gasteiger partial charge in [-0.2, -0.15) is 0 Å². The smallest absolute Gasteiger partial charge is 0.231 e. The largest absolute Gasteiger partial charge is 0.463 e. The van der Waals surface area contributed by atoms with E-state index in [9.17, 15) is 0 Å². The van der Waals surface area contributed by atoms with Crippen LogP contribution in [0.3, 0.4) is 0 Å². The number of fused-ring (bicyclic) bond motifs is 2. The van der Waals surface area contributed by atoms with Gasteiger partial charge in [-0.1, -0.05) is 6.07 Å². The number of nitrogens with zero attached hydrogens (tertiary/aromatic N) is 4. The van der Waals surface area contributed by atoms with E-state index in [4.69, 9.17) is 13.9 Å². The summed E-state index contributed by atoms with van der Waals surface area (Å²) in [6.07, 6.45) is 3.50. The van der Waals surface area contributed by atoms with E-state index in [0.717, 1.165) is 5.65 Å². The Kier molecular flexibility index (Phi) is 3.03. The summed E-state index contributed by atoms with van der Waals surface area (Å²) < 4.78 is 18.0. The van der Waals surface area contributed by atoms with Crippen molar-refractivity contribution in [2.24, 2.45) is 10.2 Å². The van der Waals surface area contributed by atoms with Crippen LogP contribution in [-0.4, -0.2) is 16.2 Å². The molecule has 0 unspecified atom stereocenters. The third-order valence-electron chi connectivity index (χ3n) is 3.88. The van der Waals surface area contributed by atoms with Crippen LogP contribution in [0.2, 0.25) is 0 Å². The van der Waals surface area contributed by atoms with E-state index in [1.165, 1.54) is 0 Å². The number of furan rings is 1. The second-order valence-corrected chi connectivity index (χ2v) is 5.43. The van der Waals surface area contributed by atoms with E-state index >= 15 is 0 Å². The minimum Gasteiger partial charge on any atom is -0.463 e. The highest BCUT2D eigenvalue weighted by Gasteiger charge is 2.16. The Morgan fingerprint density at radius 1 is 0.960 bits per heavy atom. The Hall–Kier alpha value is -3.61. The topological polar surface area (TPSA) is 73.6 Å². The molecule has 1 aromatic carbocycles. The van der Waals surface area contributed by atoms with Crippen molar-refractivity contribution < 1.29 is 13.9 Å². The summed E-state index contributed by atoms with van der Waals surface area (Å²) in [5.74, 6) is 2.62. The second-order valence-electron chi connectivity index (χ2n) is 5.43. The SMILES string of the molecule is c1coc(-c2nc3ccccn3c2N=Nc2ccc3c(c2)OCO3)c1. The molecule has 4 heterocycles. The molecule has 5 rings (SSSR count). The number of imidazole rings is 1. The van der Waals surface area contributed by atoms with Gasteiger partial charge in [-0.3, -0.25) is 4.40 Å². The molecule has 3 aromatic heterocycles. The molecule has 0 amide bonds. The lowest BCUT2D eigenvalue weighted by Crippen LogP contribution is -1.92. The molecule has 0 fully saturated rings. The Labute approximate surface area is 142 Å². The first-order valence-corrected chi connectivity index (χ1v) is 7.71. The zero-order chi connectivity index (χ0) is 16.6. The van der Waals surface area contributed by atoms with Gasteiger partial charge in [0.15, 0.2) is 28.8 Å². The zero-order valence-electron chi connectivity index (χ0n) is 13.0. The highest BCUT2D eigenvalue weighted by molar-refractivity contribution is 5.71. The van der Waals surface area contributed by atoms with Crippen molar-refractivity contribution in [3.05, 3.63) is 61.0 Å². The van der Waals surface area contributed by atoms with E-state index in [0.29, 0.717) is 34.5 Å². The van der Waals surface area contributed by atoms with Crippen molar-refractivity contribution in [1.82, 2.24) is 9.38 Å². The zero-order valence-corrected chi connectivity index (χ0v) is 13.0. The van der Waals surface area contributed by atoms with Gasteiger partial charge >= 0.3 is 0 Å². The van der Waals surface area contributed by atoms with E-state index in [2.05, 4.69) is 15.2 Å². The van der Waals surface area contributed by atoms with Crippen LogP contribution < -0.4 is 9.47 Å². The molecule has 1 aliphatic heterocycles. The molecular formula is C18H12N4O3. The van der Waals surface area contributed by atoms with Crippen LogP contribution in [0.1, 0.15) is 0 Å². The Bertz CT molecular complexity index is 1080. The molecule has 4 aromatic rings. The number of pyridine rings is 1. The minimum atomic E-state index is 0.228. The predicted octanol–water partition coefficient (Wildman–Crippen LogP) is 4.74. The van der Waals surface area contributed by atoms with Crippen molar-refractivity contribution in [1.29, 1.82) is 0 Å². The first-order valence-electron chi connectivity index (χ1n) is 7.71. The van der Waals surface area contributed by atoms with Crippen LogP contribution in [-0.2, 0) is 0 Å². The molecule has 0 N–H and O–H groups in total. The number of benzene rings is 1. The summed E-state index contributed by atoms with van der Waals surface area (Å²) in [5, 5.41) is 8.75. The van der Waals surface area contributed by atoms with E-state index in [1.807, 2.05) is 53.1 Å². The number of rotatable bonds is 3. The van der Waals surface area contributed by atoms with Gasteiger partial charge in [0, 0.05) is 12.3 Å². The molecule has 122 valence electrons.